The molecule has 0 spiro atoms. The molecule has 1 fully saturated rings. The van der Waals surface area contributed by atoms with Crippen LogP contribution < -0.4 is 0 Å². The Labute approximate surface area is 75.8 Å². The molecule has 1 nitrogen and oxygen atoms in total. The maximum atomic E-state index is 12.2. The number of hydrogen-bond acceptors (Lipinski definition) is 1. The van der Waals surface area contributed by atoms with E-state index in [4.69, 9.17) is 0 Å². The highest BCUT2D eigenvalue weighted by Crippen LogP contribution is 2.61. The van der Waals surface area contributed by atoms with Crippen LogP contribution in [0.25, 0.3) is 0 Å². The van der Waals surface area contributed by atoms with E-state index in [0.717, 1.165) is 0 Å². The Morgan fingerprint density at radius 2 is 1.13 bits per heavy atom. The molecule has 1 aliphatic rings. The van der Waals surface area contributed by atoms with Crippen LogP contribution in [0.15, 0.2) is 0 Å². The molecule has 0 bridgehead atoms. The molecule has 0 aromatic rings. The minimum absolute atomic E-state index is 2.18. The van der Waals surface area contributed by atoms with Crippen LogP contribution >= 0.6 is 0 Å². The topological polar surface area (TPSA) is 9.23 Å². The van der Waals surface area contributed by atoms with Gasteiger partial charge in [-0.1, -0.05) is 0 Å². The van der Waals surface area contributed by atoms with E-state index in [1.54, 1.807) is 0 Å². The van der Waals surface area contributed by atoms with E-state index in [9.17, 15) is 39.5 Å². The van der Waals surface area contributed by atoms with Gasteiger partial charge in [0.25, 0.3) is 0 Å². The van der Waals surface area contributed by atoms with Crippen molar-refractivity contribution in [2.45, 2.75) is 23.9 Å². The van der Waals surface area contributed by atoms with Crippen molar-refractivity contribution in [3.8, 4) is 0 Å². The van der Waals surface area contributed by atoms with Crippen LogP contribution in [0.1, 0.15) is 0 Å². The Bertz CT molecular complexity index is 272. The van der Waals surface area contributed by atoms with Gasteiger partial charge in [0.1, 0.15) is 0 Å². The van der Waals surface area contributed by atoms with Crippen LogP contribution in [-0.2, 0) is 4.74 Å². The van der Waals surface area contributed by atoms with E-state index in [2.05, 4.69) is 4.74 Å². The minimum atomic E-state index is -6.58. The lowest BCUT2D eigenvalue weighted by atomic mass is 10.0. The third kappa shape index (κ3) is 1.23. The third-order valence-electron chi connectivity index (χ3n) is 1.62. The smallest absolute Gasteiger partial charge is 0.267 e. The van der Waals surface area contributed by atoms with Crippen LogP contribution in [0.4, 0.5) is 39.5 Å². The van der Waals surface area contributed by atoms with Gasteiger partial charge in [-0.05, 0) is 0 Å². The number of ether oxygens (including phenoxy) is 1. The van der Waals surface area contributed by atoms with Gasteiger partial charge in [0.15, 0.2) is 0 Å². The second-order valence-corrected chi connectivity index (χ2v) is 2.62. The summed E-state index contributed by atoms with van der Waals surface area (Å²) in [5.41, 5.74) is 0. The molecule has 1 heterocycles. The first-order valence-corrected chi connectivity index (χ1v) is 3.11. The van der Waals surface area contributed by atoms with Gasteiger partial charge in [-0.25, -0.2) is 0 Å². The zero-order valence-corrected chi connectivity index (χ0v) is 6.31. The van der Waals surface area contributed by atoms with Gasteiger partial charge in [0, 0.05) is 0 Å². The molecule has 1 radical (unpaired) electrons. The molecule has 0 N–H and O–H groups in total. The van der Waals surface area contributed by atoms with Gasteiger partial charge in [-0.15, -0.1) is 0 Å². The SMILES string of the molecule is F[C]1OC(F)(F)C(F)(F)C(F)(F)C1(F)F. The first-order valence-electron chi connectivity index (χ1n) is 3.11. The maximum absolute atomic E-state index is 12.2. The molecule has 1 rings (SSSR count). The Balaban J connectivity index is 3.30. The lowest BCUT2D eigenvalue weighted by Crippen LogP contribution is -2.69. The fourth-order valence-electron chi connectivity index (χ4n) is 0.744. The van der Waals surface area contributed by atoms with E-state index >= 15 is 0 Å². The quantitative estimate of drug-likeness (QED) is 0.598. The largest absolute Gasteiger partial charge is 0.428 e. The molecule has 1 aliphatic heterocycles. The standard InChI is InChI=1S/C5F9O/c6-1-2(7,8)3(9,10)4(11,12)5(13,14)15-1. The number of hydrogen-bond donors (Lipinski definition) is 0. The molecule has 1 saturated heterocycles. The molecule has 0 atom stereocenters. The van der Waals surface area contributed by atoms with Gasteiger partial charge < -0.3 is 0 Å². The molecule has 0 amide bonds. The summed E-state index contributed by atoms with van der Waals surface area (Å²) in [7, 11) is 0. The normalized spacial score (nSPS) is 32.6. The van der Waals surface area contributed by atoms with Crippen LogP contribution in [0.5, 0.6) is 0 Å². The summed E-state index contributed by atoms with van der Waals surface area (Å²) in [6, 6.07) is 0. The van der Waals surface area contributed by atoms with Crippen LogP contribution in [0.2, 0.25) is 0 Å². The van der Waals surface area contributed by atoms with Crippen LogP contribution in [-0.4, -0.2) is 23.9 Å². The summed E-state index contributed by atoms with van der Waals surface area (Å²) in [5, 5.41) is 0. The van der Waals surface area contributed by atoms with E-state index in [0.29, 0.717) is 0 Å². The van der Waals surface area contributed by atoms with Gasteiger partial charge in [0.2, 0.25) is 0 Å². The summed E-state index contributed by atoms with van der Waals surface area (Å²) in [6.45, 7) is 0. The first kappa shape index (κ1) is 12.4. The molecule has 0 saturated carbocycles. The zero-order chi connectivity index (χ0) is 12.3. The third-order valence-corrected chi connectivity index (χ3v) is 1.62. The lowest BCUT2D eigenvalue weighted by Gasteiger charge is -2.41. The van der Waals surface area contributed by atoms with Crippen molar-refractivity contribution < 1.29 is 44.3 Å². The molecule has 0 aromatic heterocycles. The second kappa shape index (κ2) is 2.71. The van der Waals surface area contributed by atoms with E-state index in [1.807, 2.05) is 0 Å². The summed E-state index contributed by atoms with van der Waals surface area (Å²) < 4.78 is 111. The van der Waals surface area contributed by atoms with E-state index in [-0.39, 0.29) is 0 Å². The van der Waals surface area contributed by atoms with Crippen molar-refractivity contribution >= 4 is 0 Å². The van der Waals surface area contributed by atoms with Crippen molar-refractivity contribution in [1.82, 2.24) is 0 Å². The molecule has 0 aromatic carbocycles. The monoisotopic (exact) mass is 247 g/mol. The average Bonchev–Trinajstić information content (AvgIpc) is 2.00. The Morgan fingerprint density at radius 3 is 1.53 bits per heavy atom. The average molecular weight is 247 g/mol. The van der Waals surface area contributed by atoms with Gasteiger partial charge in [-0.2, -0.15) is 39.5 Å². The summed E-state index contributed by atoms with van der Waals surface area (Å²) >= 11 is 0. The van der Waals surface area contributed by atoms with Gasteiger partial charge in [-0.3, -0.25) is 4.74 Å². The van der Waals surface area contributed by atoms with Crippen molar-refractivity contribution in [1.29, 1.82) is 0 Å². The Kier molecular flexibility index (Phi) is 2.24. The fraction of sp³-hybridized carbons (Fsp3) is 0.800. The van der Waals surface area contributed by atoms with Crippen molar-refractivity contribution in [3.63, 3.8) is 0 Å². The number of halogens is 9. The zero-order valence-electron chi connectivity index (χ0n) is 6.31. The van der Waals surface area contributed by atoms with Crippen molar-refractivity contribution in [2.24, 2.45) is 0 Å². The predicted octanol–water partition coefficient (Wildman–Crippen LogP) is 2.97. The lowest BCUT2D eigenvalue weighted by molar-refractivity contribution is -0.478. The Morgan fingerprint density at radius 1 is 0.733 bits per heavy atom. The van der Waals surface area contributed by atoms with Crippen molar-refractivity contribution in [3.05, 3.63) is 6.36 Å². The van der Waals surface area contributed by atoms with Crippen LogP contribution in [0.3, 0.4) is 0 Å². The molecular weight excluding hydrogens is 247 g/mol. The predicted molar refractivity (Wildman–Crippen MR) is 25.2 cm³/mol. The highest BCUT2D eigenvalue weighted by atomic mass is 19.4. The second-order valence-electron chi connectivity index (χ2n) is 2.62. The maximum Gasteiger partial charge on any atom is 0.428 e. The summed E-state index contributed by atoms with van der Waals surface area (Å²) in [4.78, 5) is 0. The molecule has 0 aliphatic carbocycles. The first-order chi connectivity index (χ1) is 6.38. The highest BCUT2D eigenvalue weighted by molar-refractivity contribution is 5.11. The van der Waals surface area contributed by atoms with Gasteiger partial charge in [0.05, 0.1) is 0 Å². The molecule has 15 heavy (non-hydrogen) atoms. The molecule has 89 valence electrons. The van der Waals surface area contributed by atoms with E-state index < -0.39 is 30.2 Å². The van der Waals surface area contributed by atoms with Crippen molar-refractivity contribution in [2.75, 3.05) is 0 Å². The minimum Gasteiger partial charge on any atom is -0.267 e. The molecule has 0 unspecified atom stereocenters. The Hall–Kier alpha value is -0.670. The molecule has 10 heteroatoms. The molecular formula is C5F9O. The summed E-state index contributed by atoms with van der Waals surface area (Å²) in [6.07, 6.45) is -9.69. The highest BCUT2D eigenvalue weighted by Gasteiger charge is 2.89. The van der Waals surface area contributed by atoms with Gasteiger partial charge >= 0.3 is 30.2 Å². The number of alkyl halides is 8. The van der Waals surface area contributed by atoms with Crippen LogP contribution in [0, 0.1) is 6.36 Å². The number of rotatable bonds is 0. The van der Waals surface area contributed by atoms with E-state index in [1.165, 1.54) is 0 Å². The summed E-state index contributed by atoms with van der Waals surface area (Å²) in [5.74, 6) is -19.2. The fourth-order valence-corrected chi connectivity index (χ4v) is 0.744.